The highest BCUT2D eigenvalue weighted by atomic mass is 35.5. The number of benzene rings is 2. The molecule has 1 aliphatic rings. The van der Waals surface area contributed by atoms with Gasteiger partial charge < -0.3 is 19.5 Å². The van der Waals surface area contributed by atoms with E-state index in [-0.39, 0.29) is 23.0 Å². The lowest BCUT2D eigenvalue weighted by Crippen LogP contribution is -2.21. The first-order valence-electron chi connectivity index (χ1n) is 13.0. The Labute approximate surface area is 249 Å². The van der Waals surface area contributed by atoms with Gasteiger partial charge >= 0.3 is 0 Å². The van der Waals surface area contributed by atoms with Crippen LogP contribution in [0.15, 0.2) is 88.7 Å². The van der Waals surface area contributed by atoms with Crippen molar-refractivity contribution < 1.29 is 14.6 Å². The van der Waals surface area contributed by atoms with Crippen molar-refractivity contribution in [1.29, 1.82) is 10.5 Å². The molecule has 1 aliphatic heterocycles. The summed E-state index contributed by atoms with van der Waals surface area (Å²) < 4.78 is 12.1. The van der Waals surface area contributed by atoms with Crippen LogP contribution in [-0.2, 0) is 11.3 Å². The molecule has 3 aromatic rings. The van der Waals surface area contributed by atoms with Gasteiger partial charge in [-0.05, 0) is 61.9 Å². The number of allylic oxidation sites excluding steroid dienone is 2. The molecule has 0 bridgehead atoms. The number of aliphatic hydroxyl groups is 1. The van der Waals surface area contributed by atoms with E-state index in [9.17, 15) is 15.6 Å². The minimum atomic E-state index is -0.790. The number of aliphatic hydroxyl groups excluding tert-OH is 1. The van der Waals surface area contributed by atoms with E-state index in [2.05, 4.69) is 6.07 Å². The number of hydrogen-bond acceptors (Lipinski definition) is 7. The summed E-state index contributed by atoms with van der Waals surface area (Å²) in [5, 5.41) is 28.1. The van der Waals surface area contributed by atoms with Crippen molar-refractivity contribution in [3.63, 3.8) is 0 Å². The molecular weight excluding hydrogens is 554 g/mol. The van der Waals surface area contributed by atoms with E-state index in [4.69, 9.17) is 21.1 Å². The first kappa shape index (κ1) is 29.7. The summed E-state index contributed by atoms with van der Waals surface area (Å²) in [5.74, 6) is 0.873. The fraction of sp³-hybridized carbons (Fsp3) is 0.212. The predicted octanol–water partition coefficient (Wildman–Crippen LogP) is 7.54. The van der Waals surface area contributed by atoms with Crippen molar-refractivity contribution >= 4 is 46.9 Å². The standard InChI is InChI=1S/C33H30ClN3O3S/c1-33(2)29(28(20-35)32(40-33)30(34)21-36)16-15-27-14-13-26(41-27)12-10-24-9-11-25(37(3)17-18-38)19-31(24)39-22-23-7-5-4-6-8-23/h4-16,19,38H,17-18,22H2,1-3H3/b12-10+,16-15+,32-30-. The summed E-state index contributed by atoms with van der Waals surface area (Å²) in [4.78, 5) is 4.03. The number of anilines is 1. The highest BCUT2D eigenvalue weighted by Crippen LogP contribution is 2.41. The molecule has 0 saturated heterocycles. The average molecular weight is 584 g/mol. The molecule has 6 nitrogen and oxygen atoms in total. The van der Waals surface area contributed by atoms with Gasteiger partial charge in [-0.15, -0.1) is 11.3 Å². The van der Waals surface area contributed by atoms with E-state index in [0.29, 0.717) is 18.7 Å². The van der Waals surface area contributed by atoms with Crippen molar-refractivity contribution in [2.45, 2.75) is 26.1 Å². The molecular formula is C33H30ClN3O3S. The van der Waals surface area contributed by atoms with Gasteiger partial charge in [-0.2, -0.15) is 10.5 Å². The van der Waals surface area contributed by atoms with E-state index in [1.807, 2.05) is 117 Å². The monoisotopic (exact) mass is 583 g/mol. The van der Waals surface area contributed by atoms with Crippen LogP contribution in [0.2, 0.25) is 0 Å². The fourth-order valence-electron chi connectivity index (χ4n) is 4.31. The molecule has 2 aromatic carbocycles. The minimum absolute atomic E-state index is 0.0681. The molecule has 1 aromatic heterocycles. The van der Waals surface area contributed by atoms with Crippen molar-refractivity contribution in [3.05, 3.63) is 110 Å². The number of ether oxygens (including phenoxy) is 2. The normalized spacial score (nSPS) is 15.6. The second-order valence-corrected chi connectivity index (χ2v) is 11.3. The lowest BCUT2D eigenvalue weighted by atomic mass is 9.95. The number of nitrogens with zero attached hydrogens (tertiary/aromatic N) is 3. The van der Waals surface area contributed by atoms with Crippen LogP contribution in [0.5, 0.6) is 5.75 Å². The predicted molar refractivity (Wildman–Crippen MR) is 166 cm³/mol. The molecule has 8 heteroatoms. The largest absolute Gasteiger partial charge is 0.488 e. The summed E-state index contributed by atoms with van der Waals surface area (Å²) in [6, 6.07) is 24.1. The lowest BCUT2D eigenvalue weighted by Gasteiger charge is -2.20. The molecule has 2 heterocycles. The molecule has 0 unspecified atom stereocenters. The van der Waals surface area contributed by atoms with Crippen molar-refractivity contribution in [2.75, 3.05) is 25.1 Å². The van der Waals surface area contributed by atoms with Gasteiger partial charge in [0.2, 0.25) is 0 Å². The van der Waals surface area contributed by atoms with Crippen molar-refractivity contribution in [1.82, 2.24) is 0 Å². The number of thiophene rings is 1. The topological polar surface area (TPSA) is 89.5 Å². The van der Waals surface area contributed by atoms with Gasteiger partial charge in [-0.25, -0.2) is 0 Å². The highest BCUT2D eigenvalue weighted by molar-refractivity contribution is 7.13. The third-order valence-corrected chi connectivity index (χ3v) is 7.78. The summed E-state index contributed by atoms with van der Waals surface area (Å²) >= 11 is 7.60. The molecule has 0 fully saturated rings. The zero-order chi connectivity index (χ0) is 29.4. The van der Waals surface area contributed by atoms with E-state index in [1.165, 1.54) is 0 Å². The zero-order valence-corrected chi connectivity index (χ0v) is 24.7. The Morgan fingerprint density at radius 3 is 2.41 bits per heavy atom. The third kappa shape index (κ3) is 7.28. The molecule has 208 valence electrons. The van der Waals surface area contributed by atoms with Crippen molar-refractivity contribution in [3.8, 4) is 17.9 Å². The Kier molecular flexibility index (Phi) is 9.70. The maximum atomic E-state index is 9.71. The zero-order valence-electron chi connectivity index (χ0n) is 23.1. The molecule has 0 amide bonds. The van der Waals surface area contributed by atoms with E-state index in [0.717, 1.165) is 32.3 Å². The fourth-order valence-corrected chi connectivity index (χ4v) is 5.26. The van der Waals surface area contributed by atoms with Crippen LogP contribution >= 0.6 is 22.9 Å². The quantitative estimate of drug-likeness (QED) is 0.248. The second-order valence-electron chi connectivity index (χ2n) is 9.82. The molecule has 0 radical (unpaired) electrons. The van der Waals surface area contributed by atoms with Gasteiger partial charge in [0.05, 0.1) is 6.61 Å². The Hall–Kier alpha value is -4.27. The molecule has 0 saturated carbocycles. The maximum absolute atomic E-state index is 9.71. The Morgan fingerprint density at radius 2 is 1.76 bits per heavy atom. The van der Waals surface area contributed by atoms with E-state index < -0.39 is 5.60 Å². The second kappa shape index (κ2) is 13.4. The molecule has 41 heavy (non-hydrogen) atoms. The first-order valence-corrected chi connectivity index (χ1v) is 14.2. The SMILES string of the molecule is CN(CCO)c1ccc(/C=C/c2ccc(/C=C/C3=C(C#N)C(=C(/Cl)C#N)/OC3(C)C)s2)c(OCc2ccccc2)c1. The first-order chi connectivity index (χ1) is 19.7. The van der Waals surface area contributed by atoms with E-state index >= 15 is 0 Å². The minimum Gasteiger partial charge on any atom is -0.488 e. The summed E-state index contributed by atoms with van der Waals surface area (Å²) in [5.41, 5.74) is 3.12. The Balaban J connectivity index is 1.56. The van der Waals surface area contributed by atoms with Crippen LogP contribution in [0.25, 0.3) is 18.2 Å². The average Bonchev–Trinajstić information content (AvgIpc) is 3.54. The van der Waals surface area contributed by atoms with Gasteiger partial charge in [-0.3, -0.25) is 0 Å². The molecule has 0 spiro atoms. The molecule has 0 atom stereocenters. The maximum Gasteiger partial charge on any atom is 0.168 e. The lowest BCUT2D eigenvalue weighted by molar-refractivity contribution is 0.0958. The number of hydrogen-bond donors (Lipinski definition) is 1. The van der Waals surface area contributed by atoms with Crippen LogP contribution in [0, 0.1) is 22.7 Å². The Morgan fingerprint density at radius 1 is 1.05 bits per heavy atom. The van der Waals surface area contributed by atoms with Crippen LogP contribution in [-0.4, -0.2) is 30.9 Å². The third-order valence-electron chi connectivity index (χ3n) is 6.51. The summed E-state index contributed by atoms with van der Waals surface area (Å²) in [6.45, 7) is 4.72. The van der Waals surface area contributed by atoms with Crippen molar-refractivity contribution in [2.24, 2.45) is 0 Å². The number of likely N-dealkylation sites (N-methyl/N-ethyl adjacent to an activating group) is 1. The number of nitriles is 2. The Bertz CT molecular complexity index is 1600. The van der Waals surface area contributed by atoms with Crippen LogP contribution < -0.4 is 9.64 Å². The molecule has 1 N–H and O–H groups in total. The van der Waals surface area contributed by atoms with Gasteiger partial charge in [-0.1, -0.05) is 48.0 Å². The molecule has 4 rings (SSSR count). The number of halogens is 1. The van der Waals surface area contributed by atoms with Crippen LogP contribution in [0.4, 0.5) is 5.69 Å². The summed E-state index contributed by atoms with van der Waals surface area (Å²) in [7, 11) is 1.94. The van der Waals surface area contributed by atoms with Gasteiger partial charge in [0.1, 0.15) is 35.7 Å². The van der Waals surface area contributed by atoms with Gasteiger partial charge in [0.15, 0.2) is 10.8 Å². The van der Waals surface area contributed by atoms with Crippen LogP contribution in [0.3, 0.4) is 0 Å². The van der Waals surface area contributed by atoms with E-state index in [1.54, 1.807) is 11.3 Å². The number of rotatable bonds is 10. The highest BCUT2D eigenvalue weighted by Gasteiger charge is 2.38. The molecule has 0 aliphatic carbocycles. The smallest absolute Gasteiger partial charge is 0.168 e. The summed E-state index contributed by atoms with van der Waals surface area (Å²) in [6.07, 6.45) is 7.85. The van der Waals surface area contributed by atoms with Gasteiger partial charge in [0, 0.05) is 46.2 Å². The van der Waals surface area contributed by atoms with Crippen LogP contribution in [0.1, 0.15) is 34.7 Å². The van der Waals surface area contributed by atoms with Gasteiger partial charge in [0.25, 0.3) is 0 Å².